The zero-order valence-corrected chi connectivity index (χ0v) is 17.0. The Labute approximate surface area is 167 Å². The molecular weight excluding hydrogens is 348 g/mol. The highest BCUT2D eigenvalue weighted by molar-refractivity contribution is 5.65. The number of anilines is 5. The smallest absolute Gasteiger partial charge is 0.249 e. The third-order valence-electron chi connectivity index (χ3n) is 4.78. The zero-order chi connectivity index (χ0) is 19.9. The topological polar surface area (TPSA) is 66.0 Å². The molecule has 3 aromatic rings. The van der Waals surface area contributed by atoms with Gasteiger partial charge in [0.25, 0.3) is 0 Å². The molecule has 0 atom stereocenters. The molecular formula is C22H28N6. The molecule has 0 aliphatic heterocycles. The van der Waals surface area contributed by atoms with E-state index in [0.29, 0.717) is 11.8 Å². The average molecular weight is 377 g/mol. The summed E-state index contributed by atoms with van der Waals surface area (Å²) in [5.74, 6) is 1.12. The molecule has 28 heavy (non-hydrogen) atoms. The molecule has 0 unspecified atom stereocenters. The van der Waals surface area contributed by atoms with Crippen LogP contribution in [-0.2, 0) is 6.42 Å². The maximum absolute atomic E-state index is 4.53. The Morgan fingerprint density at radius 2 is 1.68 bits per heavy atom. The van der Waals surface area contributed by atoms with Crippen molar-refractivity contribution in [2.75, 3.05) is 28.6 Å². The van der Waals surface area contributed by atoms with E-state index in [2.05, 4.69) is 88.7 Å². The minimum atomic E-state index is 0.465. The summed E-state index contributed by atoms with van der Waals surface area (Å²) in [5, 5.41) is 14.7. The normalized spacial score (nSPS) is 10.6. The average Bonchev–Trinajstić information content (AvgIpc) is 2.72. The van der Waals surface area contributed by atoms with Gasteiger partial charge in [0.15, 0.2) is 5.82 Å². The molecule has 0 amide bonds. The van der Waals surface area contributed by atoms with Gasteiger partial charge in [0.2, 0.25) is 5.95 Å². The van der Waals surface area contributed by atoms with Crippen LogP contribution in [0.25, 0.3) is 0 Å². The first-order chi connectivity index (χ1) is 13.6. The maximum Gasteiger partial charge on any atom is 0.249 e. The van der Waals surface area contributed by atoms with Crippen LogP contribution < -0.4 is 15.5 Å². The third-order valence-corrected chi connectivity index (χ3v) is 4.78. The van der Waals surface area contributed by atoms with Crippen LogP contribution in [0.3, 0.4) is 0 Å². The van der Waals surface area contributed by atoms with Gasteiger partial charge in [-0.2, -0.15) is 10.1 Å². The number of nitrogens with zero attached hydrogens (tertiary/aromatic N) is 4. The number of benzene rings is 2. The summed E-state index contributed by atoms with van der Waals surface area (Å²) in [5.41, 5.74) is 5.63. The summed E-state index contributed by atoms with van der Waals surface area (Å²) >= 11 is 0. The van der Waals surface area contributed by atoms with Gasteiger partial charge in [-0.15, -0.1) is 5.10 Å². The third kappa shape index (κ3) is 4.76. The molecule has 0 aliphatic rings. The lowest BCUT2D eigenvalue weighted by atomic mass is 10.1. The van der Waals surface area contributed by atoms with Crippen molar-refractivity contribution >= 4 is 28.8 Å². The molecule has 6 nitrogen and oxygen atoms in total. The van der Waals surface area contributed by atoms with Gasteiger partial charge < -0.3 is 15.5 Å². The minimum Gasteiger partial charge on any atom is -0.372 e. The maximum atomic E-state index is 4.53. The van der Waals surface area contributed by atoms with Crippen LogP contribution in [0.15, 0.2) is 48.7 Å². The van der Waals surface area contributed by atoms with Crippen molar-refractivity contribution in [2.45, 2.75) is 34.1 Å². The lowest BCUT2D eigenvalue weighted by Gasteiger charge is -2.22. The number of rotatable bonds is 8. The van der Waals surface area contributed by atoms with Crippen LogP contribution in [0.5, 0.6) is 0 Å². The molecule has 0 spiro atoms. The Bertz CT molecular complexity index is 903. The van der Waals surface area contributed by atoms with Crippen molar-refractivity contribution in [1.29, 1.82) is 0 Å². The first-order valence-electron chi connectivity index (χ1n) is 9.81. The van der Waals surface area contributed by atoms with E-state index in [-0.39, 0.29) is 0 Å². The fraction of sp³-hybridized carbons (Fsp3) is 0.318. The van der Waals surface area contributed by atoms with Crippen molar-refractivity contribution in [2.24, 2.45) is 0 Å². The van der Waals surface area contributed by atoms with E-state index in [1.165, 1.54) is 11.3 Å². The van der Waals surface area contributed by atoms with E-state index in [1.54, 1.807) is 6.20 Å². The van der Waals surface area contributed by atoms with Crippen molar-refractivity contribution < 1.29 is 0 Å². The summed E-state index contributed by atoms with van der Waals surface area (Å²) in [6.45, 7) is 10.6. The van der Waals surface area contributed by atoms with Crippen LogP contribution in [0, 0.1) is 6.92 Å². The van der Waals surface area contributed by atoms with E-state index in [1.807, 2.05) is 12.1 Å². The summed E-state index contributed by atoms with van der Waals surface area (Å²) in [7, 11) is 0. The lowest BCUT2D eigenvalue weighted by molar-refractivity contribution is 0.866. The highest BCUT2D eigenvalue weighted by Crippen LogP contribution is 2.25. The van der Waals surface area contributed by atoms with Gasteiger partial charge in [-0.3, -0.25) is 0 Å². The van der Waals surface area contributed by atoms with Crippen LogP contribution in [0.1, 0.15) is 31.9 Å². The van der Waals surface area contributed by atoms with Crippen LogP contribution >= 0.6 is 0 Å². The van der Waals surface area contributed by atoms with Crippen LogP contribution in [0.4, 0.5) is 28.8 Å². The highest BCUT2D eigenvalue weighted by Gasteiger charge is 2.07. The fourth-order valence-electron chi connectivity index (χ4n) is 3.08. The largest absolute Gasteiger partial charge is 0.372 e. The van der Waals surface area contributed by atoms with E-state index < -0.39 is 0 Å². The standard InChI is InChI=1S/C22H28N6/c1-5-17-8-10-18(11-9-17)24-22-26-21(15-23-27-22)25-20-13-12-19(14-16(20)4)28(6-2)7-3/h8-15H,5-7H2,1-4H3,(H2,24,25,26,27). The highest BCUT2D eigenvalue weighted by atomic mass is 15.3. The Kier molecular flexibility index (Phi) is 6.42. The molecule has 3 rings (SSSR count). The Hall–Kier alpha value is -3.15. The summed E-state index contributed by atoms with van der Waals surface area (Å²) in [4.78, 5) is 6.86. The first kappa shape index (κ1) is 19.6. The fourth-order valence-corrected chi connectivity index (χ4v) is 3.08. The van der Waals surface area contributed by atoms with E-state index in [4.69, 9.17) is 0 Å². The molecule has 0 saturated heterocycles. The van der Waals surface area contributed by atoms with E-state index in [0.717, 1.165) is 36.4 Å². The predicted molar refractivity (Wildman–Crippen MR) is 117 cm³/mol. The van der Waals surface area contributed by atoms with Gasteiger partial charge in [-0.05, 0) is 68.7 Å². The second-order valence-electron chi connectivity index (χ2n) is 6.64. The molecule has 0 aliphatic carbocycles. The molecule has 0 radical (unpaired) electrons. The SMILES string of the molecule is CCc1ccc(Nc2nncc(Nc3ccc(N(CC)CC)cc3C)n2)cc1. The molecule has 2 N–H and O–H groups in total. The number of hydrogen-bond acceptors (Lipinski definition) is 6. The molecule has 2 aromatic carbocycles. The van der Waals surface area contributed by atoms with E-state index >= 15 is 0 Å². The molecule has 1 heterocycles. The second-order valence-corrected chi connectivity index (χ2v) is 6.64. The van der Waals surface area contributed by atoms with Gasteiger partial charge in [0.05, 0.1) is 6.20 Å². The molecule has 1 aromatic heterocycles. The lowest BCUT2D eigenvalue weighted by Crippen LogP contribution is -2.21. The van der Waals surface area contributed by atoms with Crippen molar-refractivity contribution in [1.82, 2.24) is 15.2 Å². The quantitative estimate of drug-likeness (QED) is 0.572. The first-order valence-corrected chi connectivity index (χ1v) is 9.81. The molecule has 146 valence electrons. The van der Waals surface area contributed by atoms with Crippen LogP contribution in [-0.4, -0.2) is 28.3 Å². The summed E-state index contributed by atoms with van der Waals surface area (Å²) in [6.07, 6.45) is 2.65. The number of nitrogens with one attached hydrogen (secondary N) is 2. The minimum absolute atomic E-state index is 0.465. The number of aromatic nitrogens is 3. The summed E-state index contributed by atoms with van der Waals surface area (Å²) in [6, 6.07) is 14.7. The number of aryl methyl sites for hydroxylation is 2. The van der Waals surface area contributed by atoms with Gasteiger partial charge in [0, 0.05) is 30.2 Å². The van der Waals surface area contributed by atoms with E-state index in [9.17, 15) is 0 Å². The number of hydrogen-bond donors (Lipinski definition) is 2. The Balaban J connectivity index is 1.73. The Morgan fingerprint density at radius 3 is 2.32 bits per heavy atom. The van der Waals surface area contributed by atoms with Gasteiger partial charge in [-0.25, -0.2) is 0 Å². The van der Waals surface area contributed by atoms with Crippen molar-refractivity contribution in [3.8, 4) is 0 Å². The molecule has 0 fully saturated rings. The van der Waals surface area contributed by atoms with Crippen molar-refractivity contribution in [3.63, 3.8) is 0 Å². The van der Waals surface area contributed by atoms with Gasteiger partial charge in [-0.1, -0.05) is 19.1 Å². The predicted octanol–water partition coefficient (Wildman–Crippen LogP) is 5.08. The van der Waals surface area contributed by atoms with Crippen LogP contribution in [0.2, 0.25) is 0 Å². The van der Waals surface area contributed by atoms with Crippen molar-refractivity contribution in [3.05, 3.63) is 59.8 Å². The zero-order valence-electron chi connectivity index (χ0n) is 17.0. The second kappa shape index (κ2) is 9.17. The molecule has 6 heteroatoms. The summed E-state index contributed by atoms with van der Waals surface area (Å²) < 4.78 is 0. The van der Waals surface area contributed by atoms with Gasteiger partial charge >= 0.3 is 0 Å². The molecule has 0 bridgehead atoms. The monoisotopic (exact) mass is 376 g/mol. The molecule has 0 saturated carbocycles. The Morgan fingerprint density at radius 1 is 0.929 bits per heavy atom. The van der Waals surface area contributed by atoms with Gasteiger partial charge in [0.1, 0.15) is 0 Å².